The van der Waals surface area contributed by atoms with Gasteiger partial charge in [-0.15, -0.1) is 0 Å². The fraction of sp³-hybridized carbons (Fsp3) is 0.462. The van der Waals surface area contributed by atoms with Crippen LogP contribution in [-0.2, 0) is 4.79 Å². The van der Waals surface area contributed by atoms with Crippen molar-refractivity contribution in [3.05, 3.63) is 64.7 Å². The van der Waals surface area contributed by atoms with E-state index in [1.807, 2.05) is 24.3 Å². The van der Waals surface area contributed by atoms with Gasteiger partial charge in [-0.3, -0.25) is 9.69 Å². The maximum atomic E-state index is 13.4. The maximum Gasteiger partial charge on any atom is 0.257 e. The molecule has 0 radical (unpaired) electrons. The van der Waals surface area contributed by atoms with Crippen molar-refractivity contribution in [2.75, 3.05) is 26.7 Å². The minimum absolute atomic E-state index is 0.0618. The van der Waals surface area contributed by atoms with Crippen LogP contribution in [0.3, 0.4) is 0 Å². The van der Waals surface area contributed by atoms with E-state index in [-0.39, 0.29) is 11.9 Å². The number of amides is 1. The summed E-state index contributed by atoms with van der Waals surface area (Å²) in [6.45, 7) is 8.93. The number of hydrogen-bond acceptors (Lipinski definition) is 4. The number of carbonyl (C=O) groups excluding carboxylic acids is 1. The molecule has 2 aliphatic rings. The predicted molar refractivity (Wildman–Crippen MR) is 124 cm³/mol. The highest BCUT2D eigenvalue weighted by molar-refractivity contribution is 6.03. The number of ether oxygens (including phenoxy) is 1. The molecule has 0 saturated carbocycles. The Labute approximate surface area is 185 Å². The Morgan fingerprint density at radius 2 is 1.81 bits per heavy atom. The number of piperidine rings is 1. The molecule has 5 heteroatoms. The van der Waals surface area contributed by atoms with E-state index in [4.69, 9.17) is 9.84 Å². The van der Waals surface area contributed by atoms with Crippen molar-refractivity contribution in [3.63, 3.8) is 0 Å². The van der Waals surface area contributed by atoms with Crippen LogP contribution in [0.1, 0.15) is 54.5 Å². The summed E-state index contributed by atoms with van der Waals surface area (Å²) >= 11 is 0. The van der Waals surface area contributed by atoms with E-state index in [1.54, 1.807) is 12.1 Å². The molecule has 0 aromatic heterocycles. The van der Waals surface area contributed by atoms with Crippen molar-refractivity contribution in [3.8, 4) is 5.75 Å². The van der Waals surface area contributed by atoms with Gasteiger partial charge < -0.3 is 4.74 Å². The SMILES string of the molecule is COc1ccc(C2=NN(C(=O)CN3CCC(C)CC3)[C@@H](c3cc(C)ccc3C)C2)cc1. The number of hydrazone groups is 1. The van der Waals surface area contributed by atoms with Crippen LogP contribution in [0.15, 0.2) is 47.6 Å². The van der Waals surface area contributed by atoms with Gasteiger partial charge in [0.25, 0.3) is 5.91 Å². The highest BCUT2D eigenvalue weighted by Crippen LogP contribution is 2.35. The Morgan fingerprint density at radius 3 is 2.48 bits per heavy atom. The van der Waals surface area contributed by atoms with Crippen molar-refractivity contribution in [1.82, 2.24) is 9.91 Å². The number of rotatable bonds is 5. The minimum Gasteiger partial charge on any atom is -0.497 e. The van der Waals surface area contributed by atoms with Gasteiger partial charge in [0, 0.05) is 6.42 Å². The van der Waals surface area contributed by atoms with Crippen molar-refractivity contribution in [2.45, 2.75) is 46.1 Å². The molecule has 31 heavy (non-hydrogen) atoms. The summed E-state index contributed by atoms with van der Waals surface area (Å²) in [6.07, 6.45) is 3.04. The molecule has 0 bridgehead atoms. The van der Waals surface area contributed by atoms with Crippen LogP contribution in [-0.4, -0.2) is 48.3 Å². The maximum absolute atomic E-state index is 13.4. The zero-order chi connectivity index (χ0) is 22.0. The molecule has 1 saturated heterocycles. The monoisotopic (exact) mass is 419 g/mol. The molecule has 1 fully saturated rings. The molecule has 1 amide bonds. The average Bonchev–Trinajstić information content (AvgIpc) is 3.22. The first-order valence-electron chi connectivity index (χ1n) is 11.3. The van der Waals surface area contributed by atoms with E-state index in [2.05, 4.69) is 43.9 Å². The summed E-state index contributed by atoms with van der Waals surface area (Å²) in [5.74, 6) is 1.66. The lowest BCUT2D eigenvalue weighted by atomic mass is 9.94. The van der Waals surface area contributed by atoms with Crippen molar-refractivity contribution in [2.24, 2.45) is 11.0 Å². The molecule has 0 unspecified atom stereocenters. The van der Waals surface area contributed by atoms with Crippen molar-refractivity contribution in [1.29, 1.82) is 0 Å². The van der Waals surface area contributed by atoms with E-state index in [9.17, 15) is 4.79 Å². The van der Waals surface area contributed by atoms with Crippen LogP contribution >= 0.6 is 0 Å². The summed E-state index contributed by atoms with van der Waals surface area (Å²) in [5, 5.41) is 6.61. The highest BCUT2D eigenvalue weighted by atomic mass is 16.5. The number of benzene rings is 2. The number of aryl methyl sites for hydroxylation is 2. The molecule has 2 heterocycles. The normalized spacial score (nSPS) is 20.1. The average molecular weight is 420 g/mol. The van der Waals surface area contributed by atoms with E-state index in [1.165, 1.54) is 16.7 Å². The Balaban J connectivity index is 1.61. The standard InChI is InChI=1S/C26H33N3O2/c1-18-11-13-28(14-12-18)17-26(30)29-25(23-15-19(2)5-6-20(23)3)16-24(27-29)21-7-9-22(31-4)10-8-21/h5-10,15,18,25H,11-14,16-17H2,1-4H3/t25-/m1/s1. The van der Waals surface area contributed by atoms with Crippen LogP contribution in [0.2, 0.25) is 0 Å². The third-order valence-electron chi connectivity index (χ3n) is 6.62. The van der Waals surface area contributed by atoms with E-state index in [0.29, 0.717) is 6.54 Å². The quantitative estimate of drug-likeness (QED) is 0.704. The van der Waals surface area contributed by atoms with Crippen LogP contribution in [0.4, 0.5) is 0 Å². The molecular formula is C26H33N3O2. The number of carbonyl (C=O) groups is 1. The van der Waals surface area contributed by atoms with Crippen LogP contribution in [0, 0.1) is 19.8 Å². The van der Waals surface area contributed by atoms with Gasteiger partial charge in [-0.25, -0.2) is 5.01 Å². The number of hydrogen-bond donors (Lipinski definition) is 0. The minimum atomic E-state index is -0.0618. The molecule has 2 aromatic rings. The van der Waals surface area contributed by atoms with Crippen LogP contribution in [0.5, 0.6) is 5.75 Å². The lowest BCUT2D eigenvalue weighted by molar-refractivity contribution is -0.134. The van der Waals surface area contributed by atoms with Crippen LogP contribution < -0.4 is 4.74 Å². The molecular weight excluding hydrogens is 386 g/mol. The van der Waals surface area contributed by atoms with E-state index in [0.717, 1.165) is 55.3 Å². The van der Waals surface area contributed by atoms with Gasteiger partial charge in [0.1, 0.15) is 5.75 Å². The molecule has 2 aromatic carbocycles. The molecule has 5 nitrogen and oxygen atoms in total. The zero-order valence-electron chi connectivity index (χ0n) is 19.1. The summed E-state index contributed by atoms with van der Waals surface area (Å²) in [7, 11) is 1.67. The molecule has 2 aliphatic heterocycles. The third-order valence-corrected chi connectivity index (χ3v) is 6.62. The second-order valence-corrected chi connectivity index (χ2v) is 9.05. The first-order valence-corrected chi connectivity index (χ1v) is 11.3. The summed E-state index contributed by atoms with van der Waals surface area (Å²) in [4.78, 5) is 15.7. The fourth-order valence-corrected chi connectivity index (χ4v) is 4.54. The molecule has 1 atom stereocenters. The molecule has 0 N–H and O–H groups in total. The molecule has 0 spiro atoms. The second kappa shape index (κ2) is 9.23. The molecule has 164 valence electrons. The lowest BCUT2D eigenvalue weighted by Crippen LogP contribution is -2.41. The largest absolute Gasteiger partial charge is 0.497 e. The fourth-order valence-electron chi connectivity index (χ4n) is 4.54. The van der Waals surface area contributed by atoms with Crippen LogP contribution in [0.25, 0.3) is 0 Å². The summed E-state index contributed by atoms with van der Waals surface area (Å²) in [5.41, 5.74) is 5.59. The smallest absolute Gasteiger partial charge is 0.257 e. The van der Waals surface area contributed by atoms with Gasteiger partial charge in [-0.1, -0.05) is 30.7 Å². The molecule has 4 rings (SSSR count). The topological polar surface area (TPSA) is 45.1 Å². The van der Waals surface area contributed by atoms with Crippen molar-refractivity contribution < 1.29 is 9.53 Å². The highest BCUT2D eigenvalue weighted by Gasteiger charge is 2.34. The Hall–Kier alpha value is -2.66. The van der Waals surface area contributed by atoms with Gasteiger partial charge in [0.15, 0.2) is 0 Å². The summed E-state index contributed by atoms with van der Waals surface area (Å²) < 4.78 is 5.29. The number of methoxy groups -OCH3 is 1. The first kappa shape index (κ1) is 21.6. The first-order chi connectivity index (χ1) is 14.9. The Bertz CT molecular complexity index is 959. The van der Waals surface area contributed by atoms with Gasteiger partial charge in [-0.2, -0.15) is 5.10 Å². The van der Waals surface area contributed by atoms with E-state index < -0.39 is 0 Å². The van der Waals surface area contributed by atoms with Gasteiger partial charge >= 0.3 is 0 Å². The Morgan fingerprint density at radius 1 is 1.10 bits per heavy atom. The zero-order valence-corrected chi connectivity index (χ0v) is 19.1. The number of likely N-dealkylation sites (tertiary alicyclic amines) is 1. The van der Waals surface area contributed by atoms with E-state index >= 15 is 0 Å². The predicted octanol–water partition coefficient (Wildman–Crippen LogP) is 4.72. The second-order valence-electron chi connectivity index (χ2n) is 9.05. The van der Waals surface area contributed by atoms with Crippen molar-refractivity contribution >= 4 is 11.6 Å². The van der Waals surface area contributed by atoms with Gasteiger partial charge in [0.05, 0.1) is 25.4 Å². The third kappa shape index (κ3) is 4.82. The lowest BCUT2D eigenvalue weighted by Gasteiger charge is -2.31. The van der Waals surface area contributed by atoms with Gasteiger partial charge in [0.2, 0.25) is 0 Å². The number of nitrogens with zero attached hydrogens (tertiary/aromatic N) is 3. The molecule has 0 aliphatic carbocycles. The van der Waals surface area contributed by atoms with Gasteiger partial charge in [-0.05, 0) is 86.7 Å². The Kier molecular flexibility index (Phi) is 6.42. The summed E-state index contributed by atoms with van der Waals surface area (Å²) in [6, 6.07) is 14.4.